The van der Waals surface area contributed by atoms with E-state index in [1.807, 2.05) is 60.7 Å². The van der Waals surface area contributed by atoms with E-state index in [4.69, 9.17) is 0 Å². The Labute approximate surface area is 250 Å². The lowest BCUT2D eigenvalue weighted by Gasteiger charge is -2.15. The Morgan fingerprint density at radius 3 is 2.47 bits per heavy atom. The maximum atomic E-state index is 13.6. The fourth-order valence-electron chi connectivity index (χ4n) is 4.72. The van der Waals surface area contributed by atoms with Crippen LogP contribution in [0.1, 0.15) is 31.7 Å². The first-order chi connectivity index (χ1) is 20.9. The molecule has 6 rings (SSSR count). The molecular formula is C33H26FN5O3S. The number of hydrogen-bond acceptors (Lipinski definition) is 7. The normalized spacial score (nSPS) is 11.8. The molecule has 3 aromatic carbocycles. The van der Waals surface area contributed by atoms with Crippen molar-refractivity contribution in [3.63, 3.8) is 0 Å². The van der Waals surface area contributed by atoms with Crippen LogP contribution in [0.4, 0.5) is 16.0 Å². The molecule has 6 aromatic rings. The lowest BCUT2D eigenvalue weighted by Crippen LogP contribution is -2.17. The Morgan fingerprint density at radius 2 is 1.70 bits per heavy atom. The van der Waals surface area contributed by atoms with Crippen LogP contribution in [0.25, 0.3) is 21.5 Å². The van der Waals surface area contributed by atoms with Crippen molar-refractivity contribution in [2.24, 2.45) is 0 Å². The molecule has 0 aliphatic heterocycles. The van der Waals surface area contributed by atoms with Crippen LogP contribution in [0.3, 0.4) is 0 Å². The Hall–Kier alpha value is -5.19. The number of anilines is 2. The number of fused-ring (bicyclic) bond motifs is 1. The highest BCUT2D eigenvalue weighted by Gasteiger charge is 2.20. The third kappa shape index (κ3) is 6.35. The minimum absolute atomic E-state index is 0.0463. The minimum atomic E-state index is -0.856. The molecule has 0 fully saturated rings. The second kappa shape index (κ2) is 12.4. The van der Waals surface area contributed by atoms with Crippen LogP contribution >= 0.6 is 11.3 Å². The highest BCUT2D eigenvalue weighted by Crippen LogP contribution is 2.30. The summed E-state index contributed by atoms with van der Waals surface area (Å²) in [5, 5.41) is 17.1. The number of nitrogens with one attached hydrogen (secondary N) is 2. The molecule has 1 amide bonds. The fourth-order valence-corrected chi connectivity index (χ4v) is 5.61. The van der Waals surface area contributed by atoms with Gasteiger partial charge in [0.2, 0.25) is 11.9 Å². The highest BCUT2D eigenvalue weighted by atomic mass is 32.1. The van der Waals surface area contributed by atoms with Gasteiger partial charge >= 0.3 is 0 Å². The van der Waals surface area contributed by atoms with E-state index >= 15 is 0 Å². The molecule has 214 valence electrons. The van der Waals surface area contributed by atoms with Gasteiger partial charge in [-0.3, -0.25) is 14.9 Å². The number of pyridine rings is 1. The number of amides is 1. The van der Waals surface area contributed by atoms with Crippen molar-refractivity contribution in [2.45, 2.75) is 12.6 Å². The van der Waals surface area contributed by atoms with Gasteiger partial charge in [0.1, 0.15) is 0 Å². The number of benzene rings is 3. The van der Waals surface area contributed by atoms with Crippen molar-refractivity contribution < 1.29 is 19.1 Å². The predicted molar refractivity (Wildman–Crippen MR) is 166 cm³/mol. The summed E-state index contributed by atoms with van der Waals surface area (Å²) in [5.74, 6) is -0.767. The zero-order valence-electron chi connectivity index (χ0n) is 22.8. The first-order valence-electron chi connectivity index (χ1n) is 13.5. The van der Waals surface area contributed by atoms with Gasteiger partial charge in [-0.25, -0.2) is 9.97 Å². The van der Waals surface area contributed by atoms with Crippen LogP contribution in [0.15, 0.2) is 109 Å². The number of carbonyl (C=O) groups is 2. The molecule has 8 nitrogen and oxygen atoms in total. The molecule has 0 spiro atoms. The zero-order valence-corrected chi connectivity index (χ0v) is 23.6. The van der Waals surface area contributed by atoms with E-state index < -0.39 is 12.1 Å². The van der Waals surface area contributed by atoms with E-state index in [1.54, 1.807) is 41.0 Å². The molecule has 3 aromatic heterocycles. The Balaban J connectivity index is 1.27. The molecular weight excluding hydrogens is 565 g/mol. The van der Waals surface area contributed by atoms with Crippen molar-refractivity contribution in [3.05, 3.63) is 131 Å². The van der Waals surface area contributed by atoms with Crippen LogP contribution in [-0.2, 0) is 6.54 Å². The average molecular weight is 592 g/mol. The molecule has 0 aliphatic carbocycles. The van der Waals surface area contributed by atoms with Gasteiger partial charge in [-0.05, 0) is 47.5 Å². The second-order valence-corrected chi connectivity index (χ2v) is 10.9. The monoisotopic (exact) mass is 591 g/mol. The summed E-state index contributed by atoms with van der Waals surface area (Å²) in [6, 6.07) is 30.2. The summed E-state index contributed by atoms with van der Waals surface area (Å²) in [7, 11) is 0. The lowest BCUT2D eigenvalue weighted by molar-refractivity contribution is 0.100. The molecule has 0 radical (unpaired) electrons. The second-order valence-electron chi connectivity index (χ2n) is 9.80. The largest absolute Gasteiger partial charge is 0.387 e. The maximum absolute atomic E-state index is 13.6. The number of thiophene rings is 1. The number of aliphatic hydroxyl groups is 1. The molecule has 0 aliphatic rings. The van der Waals surface area contributed by atoms with Gasteiger partial charge in [0.25, 0.3) is 5.91 Å². The van der Waals surface area contributed by atoms with E-state index in [-0.39, 0.29) is 30.7 Å². The van der Waals surface area contributed by atoms with E-state index in [2.05, 4.69) is 20.6 Å². The van der Waals surface area contributed by atoms with Crippen LogP contribution in [0.2, 0.25) is 0 Å². The van der Waals surface area contributed by atoms with Crippen molar-refractivity contribution in [1.29, 1.82) is 0 Å². The van der Waals surface area contributed by atoms with Crippen LogP contribution in [0.5, 0.6) is 0 Å². The lowest BCUT2D eigenvalue weighted by atomic mass is 10.1. The first-order valence-corrected chi connectivity index (χ1v) is 14.3. The number of Topliss-reactive ketones (excluding diaryl/α,β-unsaturated/α-hetero) is 1. The van der Waals surface area contributed by atoms with Crippen molar-refractivity contribution in [3.8, 4) is 10.4 Å². The van der Waals surface area contributed by atoms with E-state index in [9.17, 15) is 19.1 Å². The van der Waals surface area contributed by atoms with Crippen molar-refractivity contribution in [1.82, 2.24) is 14.5 Å². The molecule has 0 saturated heterocycles. The number of aromatic nitrogens is 3. The zero-order chi connectivity index (χ0) is 29.8. The summed E-state index contributed by atoms with van der Waals surface area (Å²) in [4.78, 5) is 35.3. The van der Waals surface area contributed by atoms with Crippen LogP contribution in [0, 0.1) is 5.95 Å². The molecule has 3 heterocycles. The minimum Gasteiger partial charge on any atom is -0.387 e. The summed E-state index contributed by atoms with van der Waals surface area (Å²) >= 11 is 1.22. The number of hydrogen-bond donors (Lipinski definition) is 3. The number of aliphatic hydroxyl groups excluding tert-OH is 1. The van der Waals surface area contributed by atoms with Crippen molar-refractivity contribution in [2.75, 3.05) is 17.2 Å². The van der Waals surface area contributed by atoms with E-state index in [0.717, 1.165) is 10.4 Å². The van der Waals surface area contributed by atoms with Gasteiger partial charge in [-0.1, -0.05) is 60.7 Å². The standard InChI is InChI=1S/C33H26FN5O3S/c34-31-17-23(15-16-35-31)29-13-14-30(43-29)32(42)38-33-37-25-18-24(36-19-27(40)21-7-3-1-4-8-21)11-12-26(25)39(33)20-28(41)22-9-5-2-6-10-22/h1-18,28,36,41H,19-20H2,(H,37,38,42)/t28-/m0/s1. The van der Waals surface area contributed by atoms with Crippen molar-refractivity contribution >= 4 is 45.7 Å². The summed E-state index contributed by atoms with van der Waals surface area (Å²) in [6.45, 7) is 0.246. The Kier molecular flexibility index (Phi) is 8.03. The number of rotatable bonds is 10. The van der Waals surface area contributed by atoms with Gasteiger partial charge in [-0.2, -0.15) is 4.39 Å². The number of carbonyl (C=O) groups excluding carboxylic acids is 2. The van der Waals surface area contributed by atoms with Gasteiger partial charge in [0.05, 0.1) is 35.1 Å². The van der Waals surface area contributed by atoms with Gasteiger partial charge < -0.3 is 15.0 Å². The third-order valence-electron chi connectivity index (χ3n) is 6.90. The summed E-state index contributed by atoms with van der Waals surface area (Å²) < 4.78 is 15.4. The molecule has 3 N–H and O–H groups in total. The Morgan fingerprint density at radius 1 is 0.930 bits per heavy atom. The summed E-state index contributed by atoms with van der Waals surface area (Å²) in [6.07, 6.45) is 0.524. The van der Waals surface area contributed by atoms with E-state index in [1.165, 1.54) is 23.6 Å². The first kappa shape index (κ1) is 28.0. The van der Waals surface area contributed by atoms with Crippen LogP contribution < -0.4 is 10.6 Å². The third-order valence-corrected chi connectivity index (χ3v) is 8.04. The molecule has 1 atom stereocenters. The quantitative estimate of drug-likeness (QED) is 0.123. The molecule has 10 heteroatoms. The topological polar surface area (TPSA) is 109 Å². The SMILES string of the molecule is O=C(CNc1ccc2c(c1)nc(NC(=O)c1ccc(-c3ccnc(F)c3)s1)n2C[C@H](O)c1ccccc1)c1ccccc1. The maximum Gasteiger partial charge on any atom is 0.268 e. The fraction of sp³-hybridized carbons (Fsp3) is 0.0909. The van der Waals surface area contributed by atoms with E-state index in [0.29, 0.717) is 32.7 Å². The van der Waals surface area contributed by atoms with Crippen LogP contribution in [-0.4, -0.2) is 37.9 Å². The molecule has 0 bridgehead atoms. The van der Waals surface area contributed by atoms with Gasteiger partial charge in [-0.15, -0.1) is 11.3 Å². The molecule has 43 heavy (non-hydrogen) atoms. The number of imidazole rings is 1. The average Bonchev–Trinajstić information content (AvgIpc) is 3.66. The van der Waals surface area contributed by atoms with Gasteiger partial charge in [0, 0.05) is 28.4 Å². The van der Waals surface area contributed by atoms with Gasteiger partial charge in [0.15, 0.2) is 5.78 Å². The Bertz CT molecular complexity index is 1910. The number of ketones is 1. The smallest absolute Gasteiger partial charge is 0.268 e. The predicted octanol–water partition coefficient (Wildman–Crippen LogP) is 6.58. The number of halogens is 1. The molecule has 0 saturated carbocycles. The highest BCUT2D eigenvalue weighted by molar-refractivity contribution is 7.17. The number of nitrogens with zero attached hydrogens (tertiary/aromatic N) is 3. The summed E-state index contributed by atoms with van der Waals surface area (Å²) in [5.41, 5.74) is 3.94. The molecule has 0 unspecified atom stereocenters.